The van der Waals surface area contributed by atoms with E-state index in [9.17, 15) is 4.79 Å². The van der Waals surface area contributed by atoms with Crippen molar-refractivity contribution < 1.29 is 19.0 Å². The summed E-state index contributed by atoms with van der Waals surface area (Å²) in [7, 11) is 9.12. The zero-order valence-corrected chi connectivity index (χ0v) is 31.5. The Hall–Kier alpha value is -4.29. The number of aromatic nitrogens is 5. The number of aryl methyl sites for hydroxylation is 3. The fourth-order valence-corrected chi connectivity index (χ4v) is 8.53. The van der Waals surface area contributed by atoms with E-state index in [-0.39, 0.29) is 5.97 Å². The van der Waals surface area contributed by atoms with Crippen LogP contribution in [0.15, 0.2) is 59.5 Å². The van der Waals surface area contributed by atoms with Gasteiger partial charge in [-0.2, -0.15) is 10.2 Å². The number of benzene rings is 3. The van der Waals surface area contributed by atoms with Gasteiger partial charge in [-0.25, -0.2) is 4.79 Å². The summed E-state index contributed by atoms with van der Waals surface area (Å²) in [6.45, 7) is 4.85. The maximum atomic E-state index is 13.5. The summed E-state index contributed by atoms with van der Waals surface area (Å²) in [6, 6.07) is 18.8. The SMILES string of the molecule is COCCn1nc2c(c1C)-c1c(Cl)ccc3c(c(C(=O)OC)n(C)c13)CCCOc1cc(cc3ccccc13)SCc1cc(nn1C)CN(C)C2. The number of carbonyl (C=O) groups is 1. The predicted octanol–water partition coefficient (Wildman–Crippen LogP) is 7.57. The molecule has 7 rings (SSSR count). The van der Waals surface area contributed by atoms with E-state index >= 15 is 0 Å². The van der Waals surface area contributed by atoms with Gasteiger partial charge in [0, 0.05) is 78.2 Å². The lowest BCUT2D eigenvalue weighted by atomic mass is 9.97. The first-order valence-corrected chi connectivity index (χ1v) is 18.5. The van der Waals surface area contributed by atoms with Crippen molar-refractivity contribution in [3.05, 3.63) is 93.7 Å². The van der Waals surface area contributed by atoms with Crippen molar-refractivity contribution in [2.24, 2.45) is 14.1 Å². The third-order valence-electron chi connectivity index (χ3n) is 9.72. The summed E-state index contributed by atoms with van der Waals surface area (Å²) < 4.78 is 23.2. The van der Waals surface area contributed by atoms with Gasteiger partial charge in [-0.15, -0.1) is 11.8 Å². The summed E-state index contributed by atoms with van der Waals surface area (Å²) in [4.78, 5) is 16.8. The number of carbonyl (C=O) groups excluding carboxylic acids is 1. The minimum absolute atomic E-state index is 0.390. The third kappa shape index (κ3) is 6.75. The summed E-state index contributed by atoms with van der Waals surface area (Å²) in [5.74, 6) is 1.23. The van der Waals surface area contributed by atoms with Crippen LogP contribution in [0.4, 0.5) is 0 Å². The topological polar surface area (TPSA) is 88.6 Å². The van der Waals surface area contributed by atoms with Crippen molar-refractivity contribution in [3.63, 3.8) is 0 Å². The molecule has 8 bridgehead atoms. The first-order valence-electron chi connectivity index (χ1n) is 17.1. The lowest BCUT2D eigenvalue weighted by molar-refractivity contribution is 0.0589. The smallest absolute Gasteiger partial charge is 0.354 e. The van der Waals surface area contributed by atoms with Crippen molar-refractivity contribution in [2.45, 2.75) is 50.0 Å². The Morgan fingerprint density at radius 1 is 1.00 bits per heavy atom. The van der Waals surface area contributed by atoms with Gasteiger partial charge in [0.25, 0.3) is 0 Å². The van der Waals surface area contributed by atoms with Gasteiger partial charge in [0.2, 0.25) is 0 Å². The maximum Gasteiger partial charge on any atom is 0.354 e. The molecule has 0 fully saturated rings. The molecule has 0 saturated carbocycles. The van der Waals surface area contributed by atoms with Gasteiger partial charge in [-0.3, -0.25) is 14.3 Å². The van der Waals surface area contributed by atoms with E-state index in [4.69, 9.17) is 36.0 Å². The Morgan fingerprint density at radius 2 is 1.82 bits per heavy atom. The van der Waals surface area contributed by atoms with Gasteiger partial charge in [-0.1, -0.05) is 41.9 Å². The largest absolute Gasteiger partial charge is 0.493 e. The minimum Gasteiger partial charge on any atom is -0.493 e. The quantitative estimate of drug-likeness (QED) is 0.172. The second-order valence-corrected chi connectivity index (χ2v) is 14.6. The summed E-state index contributed by atoms with van der Waals surface area (Å²) in [5, 5.41) is 13.8. The normalized spacial score (nSPS) is 14.4. The number of methoxy groups -OCH3 is 2. The van der Waals surface area contributed by atoms with Crippen LogP contribution in [0.3, 0.4) is 0 Å². The van der Waals surface area contributed by atoms with Crippen molar-refractivity contribution in [2.75, 3.05) is 34.5 Å². The number of thioether (sulfide) groups is 1. The molecule has 0 unspecified atom stereocenters. The molecule has 0 N–H and O–H groups in total. The molecule has 51 heavy (non-hydrogen) atoms. The first-order chi connectivity index (χ1) is 24.7. The van der Waals surface area contributed by atoms with Crippen LogP contribution < -0.4 is 4.74 Å². The van der Waals surface area contributed by atoms with Crippen LogP contribution in [0.5, 0.6) is 5.75 Å². The fourth-order valence-electron chi connectivity index (χ4n) is 7.30. The highest BCUT2D eigenvalue weighted by Gasteiger charge is 2.28. The molecule has 0 atom stereocenters. The summed E-state index contributed by atoms with van der Waals surface area (Å²) >= 11 is 8.93. The van der Waals surface area contributed by atoms with E-state index in [1.807, 2.05) is 46.2 Å². The number of ether oxygens (including phenoxy) is 3. The Balaban J connectivity index is 1.39. The lowest BCUT2D eigenvalue weighted by Crippen LogP contribution is -2.19. The summed E-state index contributed by atoms with van der Waals surface area (Å²) in [6.07, 6.45) is 1.30. The highest BCUT2D eigenvalue weighted by atomic mass is 35.5. The van der Waals surface area contributed by atoms with Gasteiger partial charge in [0.1, 0.15) is 11.4 Å². The van der Waals surface area contributed by atoms with Gasteiger partial charge >= 0.3 is 5.97 Å². The molecule has 3 aromatic carbocycles. The zero-order valence-electron chi connectivity index (χ0n) is 30.0. The Bertz CT molecular complexity index is 2260. The zero-order chi connectivity index (χ0) is 35.8. The molecule has 12 heteroatoms. The van der Waals surface area contributed by atoms with Crippen molar-refractivity contribution in [1.82, 2.24) is 29.0 Å². The Kier molecular flexibility index (Phi) is 10.2. The highest BCUT2D eigenvalue weighted by molar-refractivity contribution is 7.98. The lowest BCUT2D eigenvalue weighted by Gasteiger charge is -2.16. The standard InChI is InChI=1S/C39H43ClN6O4S/c1-24-35-33(42-46(24)15-17-48-5)22-43(2)21-26-19-27(45(4)41-26)23-51-28-18-25-10-7-8-11-29(25)34(20-28)50-16-9-12-30-31-13-14-32(40)36(35)37(31)44(3)38(30)39(47)49-6/h7-8,10-11,13-14,18-20H,9,12,15-17,21-23H2,1-6H3. The molecule has 3 aromatic heterocycles. The molecule has 0 spiro atoms. The number of nitrogens with zero attached hydrogens (tertiary/aromatic N) is 6. The molecule has 266 valence electrons. The Labute approximate surface area is 307 Å². The average Bonchev–Trinajstić information content (AvgIpc) is 3.72. The predicted molar refractivity (Wildman–Crippen MR) is 203 cm³/mol. The van der Waals surface area contributed by atoms with E-state index in [1.165, 1.54) is 7.11 Å². The molecular weight excluding hydrogens is 684 g/mol. The van der Waals surface area contributed by atoms with E-state index in [0.29, 0.717) is 56.4 Å². The fraction of sp³-hybridized carbons (Fsp3) is 0.359. The second kappa shape index (κ2) is 14.7. The number of rotatable bonds is 4. The van der Waals surface area contributed by atoms with E-state index < -0.39 is 0 Å². The number of hydrogen-bond donors (Lipinski definition) is 0. The van der Waals surface area contributed by atoms with Crippen molar-refractivity contribution in [1.29, 1.82) is 0 Å². The van der Waals surface area contributed by atoms with Gasteiger partial charge in [0.05, 0.1) is 48.8 Å². The van der Waals surface area contributed by atoms with Gasteiger partial charge in [-0.05, 0) is 62.0 Å². The molecule has 0 aliphatic carbocycles. The number of esters is 1. The molecule has 1 aliphatic rings. The molecular formula is C39H43ClN6O4S. The minimum atomic E-state index is -0.390. The molecule has 0 radical (unpaired) electrons. The van der Waals surface area contributed by atoms with Crippen LogP contribution in [0, 0.1) is 6.92 Å². The first kappa shape index (κ1) is 35.1. The number of fused-ring (bicyclic) bond motifs is 8. The third-order valence-corrected chi connectivity index (χ3v) is 11.0. The second-order valence-electron chi connectivity index (χ2n) is 13.1. The molecule has 1 aliphatic heterocycles. The molecule has 6 aromatic rings. The Morgan fingerprint density at radius 3 is 2.63 bits per heavy atom. The van der Waals surface area contributed by atoms with Crippen LogP contribution in [0.2, 0.25) is 5.02 Å². The van der Waals surface area contributed by atoms with E-state index in [1.54, 1.807) is 18.9 Å². The van der Waals surface area contributed by atoms with Gasteiger partial charge in [0.15, 0.2) is 0 Å². The van der Waals surface area contributed by atoms with E-state index in [2.05, 4.69) is 55.3 Å². The van der Waals surface area contributed by atoms with Crippen LogP contribution >= 0.6 is 23.4 Å². The highest BCUT2D eigenvalue weighted by Crippen LogP contribution is 2.42. The van der Waals surface area contributed by atoms with E-state index in [0.717, 1.165) is 77.5 Å². The maximum absolute atomic E-state index is 13.5. The van der Waals surface area contributed by atoms with Crippen molar-refractivity contribution in [3.8, 4) is 16.9 Å². The average molecular weight is 727 g/mol. The van der Waals surface area contributed by atoms with Crippen LogP contribution in [0.25, 0.3) is 32.8 Å². The molecule has 4 heterocycles. The van der Waals surface area contributed by atoms with Crippen LogP contribution in [-0.2, 0) is 55.4 Å². The van der Waals surface area contributed by atoms with Crippen LogP contribution in [-0.4, -0.2) is 69.5 Å². The van der Waals surface area contributed by atoms with Gasteiger partial charge < -0.3 is 18.8 Å². The summed E-state index contributed by atoms with van der Waals surface area (Å²) in [5.41, 5.74) is 8.08. The molecule has 0 amide bonds. The monoisotopic (exact) mass is 726 g/mol. The number of halogens is 1. The van der Waals surface area contributed by atoms with Crippen molar-refractivity contribution >= 4 is 51.0 Å². The van der Waals surface area contributed by atoms with Crippen LogP contribution in [0.1, 0.15) is 45.2 Å². The molecule has 0 saturated heterocycles. The molecule has 10 nitrogen and oxygen atoms in total. The number of hydrogen-bond acceptors (Lipinski definition) is 8.